The molecule has 0 radical (unpaired) electrons. The first kappa shape index (κ1) is 17.7. The highest BCUT2D eigenvalue weighted by Gasteiger charge is 2.28. The van der Waals surface area contributed by atoms with Gasteiger partial charge in [0.05, 0.1) is 11.2 Å². The normalized spacial score (nSPS) is 19.0. The minimum Gasteiger partial charge on any atom is -0.477 e. The molecule has 0 unspecified atom stereocenters. The Hall–Kier alpha value is -2.67. The number of aromatic nitrogens is 1. The van der Waals surface area contributed by atoms with E-state index < -0.39 is 17.2 Å². The van der Waals surface area contributed by atoms with Crippen LogP contribution in [0.2, 0.25) is 0 Å². The van der Waals surface area contributed by atoms with Crippen LogP contribution in [0.3, 0.4) is 0 Å². The van der Waals surface area contributed by atoms with E-state index in [1.807, 2.05) is 15.5 Å². The number of piperidine rings is 1. The van der Waals surface area contributed by atoms with Crippen LogP contribution in [0.5, 0.6) is 0 Å². The Morgan fingerprint density at radius 1 is 1.37 bits per heavy atom. The lowest BCUT2D eigenvalue weighted by Crippen LogP contribution is -2.32. The summed E-state index contributed by atoms with van der Waals surface area (Å²) in [7, 11) is 0. The smallest absolute Gasteiger partial charge is 0.341 e. The van der Waals surface area contributed by atoms with Crippen molar-refractivity contribution in [1.82, 2.24) is 4.57 Å². The summed E-state index contributed by atoms with van der Waals surface area (Å²) >= 11 is 0. The number of benzene rings is 1. The molecule has 0 bridgehead atoms. The number of carboxylic acids is 1. The summed E-state index contributed by atoms with van der Waals surface area (Å²) < 4.78 is 16.7. The number of halogens is 1. The lowest BCUT2D eigenvalue weighted by molar-refractivity contribution is 0.0695. The Morgan fingerprint density at radius 2 is 2.15 bits per heavy atom. The summed E-state index contributed by atoms with van der Waals surface area (Å²) in [4.78, 5) is 25.9. The van der Waals surface area contributed by atoms with Crippen molar-refractivity contribution in [1.29, 1.82) is 0 Å². The standard InChI is InChI=1S/C20H22FN3O3/c21-16-8-14-17(9-18(16)23-7-1-2-12(10-23)5-6-22)24(13-3-4-13)11-15(19(14)25)20(26)27/h5,8-9,11,13H,1-4,6-7,10,22H2,(H,26,27)/b12-5-. The van der Waals surface area contributed by atoms with Gasteiger partial charge in [-0.1, -0.05) is 11.6 Å². The van der Waals surface area contributed by atoms with Crippen molar-refractivity contribution in [3.63, 3.8) is 0 Å². The van der Waals surface area contributed by atoms with E-state index in [4.69, 9.17) is 5.73 Å². The molecule has 2 fully saturated rings. The molecule has 0 spiro atoms. The number of hydrogen-bond acceptors (Lipinski definition) is 4. The molecule has 0 amide bonds. The molecule has 1 saturated carbocycles. The molecule has 1 aliphatic carbocycles. The summed E-state index contributed by atoms with van der Waals surface area (Å²) in [5, 5.41) is 9.45. The van der Waals surface area contributed by atoms with Crippen LogP contribution in [0.1, 0.15) is 42.1 Å². The van der Waals surface area contributed by atoms with Gasteiger partial charge >= 0.3 is 5.97 Å². The third kappa shape index (κ3) is 3.23. The van der Waals surface area contributed by atoms with E-state index in [0.29, 0.717) is 24.3 Å². The second-order valence-corrected chi connectivity index (χ2v) is 7.26. The van der Waals surface area contributed by atoms with E-state index in [9.17, 15) is 19.1 Å². The number of rotatable bonds is 4. The summed E-state index contributed by atoms with van der Waals surface area (Å²) in [6.07, 6.45) is 7.11. The molecule has 4 rings (SSSR count). The molecule has 27 heavy (non-hydrogen) atoms. The van der Waals surface area contributed by atoms with Gasteiger partial charge in [-0.25, -0.2) is 9.18 Å². The molecular weight excluding hydrogens is 349 g/mol. The average Bonchev–Trinajstić information content (AvgIpc) is 3.47. The number of nitrogens with zero attached hydrogens (tertiary/aromatic N) is 2. The molecule has 1 aromatic heterocycles. The zero-order valence-electron chi connectivity index (χ0n) is 14.9. The van der Waals surface area contributed by atoms with Crippen LogP contribution in [0.25, 0.3) is 10.9 Å². The second kappa shape index (κ2) is 6.81. The van der Waals surface area contributed by atoms with Gasteiger partial charge in [0.15, 0.2) is 0 Å². The Bertz CT molecular complexity index is 1010. The number of carbonyl (C=O) groups is 1. The molecule has 0 atom stereocenters. The Labute approximate surface area is 155 Å². The minimum atomic E-state index is -1.28. The van der Waals surface area contributed by atoms with Gasteiger partial charge in [-0.15, -0.1) is 0 Å². The number of nitrogens with two attached hydrogens (primary N) is 1. The Balaban J connectivity index is 1.87. The van der Waals surface area contributed by atoms with Gasteiger partial charge in [0.1, 0.15) is 11.4 Å². The lowest BCUT2D eigenvalue weighted by atomic mass is 10.0. The molecule has 2 aromatic rings. The van der Waals surface area contributed by atoms with Crippen molar-refractivity contribution < 1.29 is 14.3 Å². The maximum Gasteiger partial charge on any atom is 0.341 e. The molecular formula is C20H22FN3O3. The average molecular weight is 371 g/mol. The fraction of sp³-hybridized carbons (Fsp3) is 0.400. The fourth-order valence-corrected chi connectivity index (χ4v) is 3.85. The van der Waals surface area contributed by atoms with Gasteiger partial charge in [0.2, 0.25) is 5.43 Å². The minimum absolute atomic E-state index is 0.123. The largest absolute Gasteiger partial charge is 0.477 e. The predicted octanol–water partition coefficient (Wildman–Crippen LogP) is 2.66. The van der Waals surface area contributed by atoms with Crippen LogP contribution >= 0.6 is 0 Å². The summed E-state index contributed by atoms with van der Waals surface area (Å²) in [5.41, 5.74) is 6.89. The molecule has 6 nitrogen and oxygen atoms in total. The first-order chi connectivity index (χ1) is 13.0. The Morgan fingerprint density at radius 3 is 2.81 bits per heavy atom. The maximum atomic E-state index is 14.9. The fourth-order valence-electron chi connectivity index (χ4n) is 3.85. The first-order valence-corrected chi connectivity index (χ1v) is 9.24. The van der Waals surface area contributed by atoms with Crippen LogP contribution < -0.4 is 16.1 Å². The van der Waals surface area contributed by atoms with Crippen LogP contribution in [0, 0.1) is 5.82 Å². The van der Waals surface area contributed by atoms with Crippen molar-refractivity contribution in [3.8, 4) is 0 Å². The van der Waals surface area contributed by atoms with E-state index in [0.717, 1.165) is 32.2 Å². The van der Waals surface area contributed by atoms with Crippen molar-refractivity contribution in [2.45, 2.75) is 31.7 Å². The van der Waals surface area contributed by atoms with Crippen LogP contribution in [-0.4, -0.2) is 35.3 Å². The highest BCUT2D eigenvalue weighted by molar-refractivity contribution is 5.93. The summed E-state index contributed by atoms with van der Waals surface area (Å²) in [6.45, 7) is 1.80. The van der Waals surface area contributed by atoms with Crippen molar-refractivity contribution in [2.75, 3.05) is 24.5 Å². The van der Waals surface area contributed by atoms with Gasteiger partial charge in [-0.3, -0.25) is 4.79 Å². The van der Waals surface area contributed by atoms with E-state index >= 15 is 0 Å². The highest BCUT2D eigenvalue weighted by Crippen LogP contribution is 2.38. The molecule has 3 N–H and O–H groups in total. The van der Waals surface area contributed by atoms with Crippen LogP contribution in [0.4, 0.5) is 10.1 Å². The molecule has 142 valence electrons. The molecule has 1 aliphatic heterocycles. The van der Waals surface area contributed by atoms with Crippen molar-refractivity contribution in [2.24, 2.45) is 5.73 Å². The van der Waals surface area contributed by atoms with Crippen LogP contribution in [0.15, 0.2) is 34.8 Å². The van der Waals surface area contributed by atoms with E-state index in [1.165, 1.54) is 17.8 Å². The van der Waals surface area contributed by atoms with Gasteiger partial charge in [0, 0.05) is 37.3 Å². The van der Waals surface area contributed by atoms with Crippen molar-refractivity contribution >= 4 is 22.6 Å². The predicted molar refractivity (Wildman–Crippen MR) is 102 cm³/mol. The number of carboxylic acid groups (broad SMARTS) is 1. The van der Waals surface area contributed by atoms with Gasteiger partial charge in [-0.2, -0.15) is 0 Å². The Kier molecular flexibility index (Phi) is 4.47. The number of anilines is 1. The maximum absolute atomic E-state index is 14.9. The number of aromatic carboxylic acids is 1. The SMILES string of the molecule is NC/C=C1/CCCN(c2cc3c(cc2F)c(=O)c(C(=O)O)cn3C2CC2)C1. The molecule has 1 aromatic carbocycles. The molecule has 7 heteroatoms. The second-order valence-electron chi connectivity index (χ2n) is 7.26. The first-order valence-electron chi connectivity index (χ1n) is 9.24. The number of fused-ring (bicyclic) bond motifs is 1. The van der Waals surface area contributed by atoms with Crippen molar-refractivity contribution in [3.05, 3.63) is 51.6 Å². The summed E-state index contributed by atoms with van der Waals surface area (Å²) in [5.74, 6) is -1.79. The topological polar surface area (TPSA) is 88.6 Å². The van der Waals surface area contributed by atoms with Gasteiger partial charge < -0.3 is 20.3 Å². The molecule has 2 heterocycles. The zero-order valence-corrected chi connectivity index (χ0v) is 14.9. The lowest BCUT2D eigenvalue weighted by Gasteiger charge is -2.31. The van der Waals surface area contributed by atoms with E-state index in [1.54, 1.807) is 6.07 Å². The van der Waals surface area contributed by atoms with Gasteiger partial charge in [-0.05, 0) is 37.8 Å². The monoisotopic (exact) mass is 371 g/mol. The summed E-state index contributed by atoms with van der Waals surface area (Å²) in [6, 6.07) is 3.05. The molecule has 2 aliphatic rings. The third-order valence-electron chi connectivity index (χ3n) is 5.34. The van der Waals surface area contributed by atoms with E-state index in [-0.39, 0.29) is 17.0 Å². The zero-order chi connectivity index (χ0) is 19.1. The quantitative estimate of drug-likeness (QED) is 0.807. The van der Waals surface area contributed by atoms with Gasteiger partial charge in [0.25, 0.3) is 0 Å². The molecule has 1 saturated heterocycles. The highest BCUT2D eigenvalue weighted by atomic mass is 19.1. The third-order valence-corrected chi connectivity index (χ3v) is 5.34. The van der Waals surface area contributed by atoms with E-state index in [2.05, 4.69) is 0 Å². The number of pyridine rings is 1. The van der Waals surface area contributed by atoms with Crippen LogP contribution in [-0.2, 0) is 0 Å². The number of hydrogen-bond donors (Lipinski definition) is 2.